The minimum atomic E-state index is -3.33. The molecule has 0 bridgehead atoms. The van der Waals surface area contributed by atoms with Gasteiger partial charge in [-0.25, -0.2) is 13.4 Å². The number of nitrogens with zero attached hydrogens (tertiary/aromatic N) is 2. The second kappa shape index (κ2) is 8.28. The van der Waals surface area contributed by atoms with E-state index in [-0.39, 0.29) is 23.1 Å². The average molecular weight is 455 g/mol. The standard InChI is InChI=1S/C23H22N2O4S2/c1-4-31(27,28)19-9-7-17(8-10-19)22(26)25(14-18-6-5-11-29-18)23-24-20-13-15(2)12-16(3)21(20)30-23/h5-13H,4,14H2,1-3H3. The summed E-state index contributed by atoms with van der Waals surface area (Å²) in [6.45, 7) is 5.86. The number of hydrogen-bond acceptors (Lipinski definition) is 6. The molecule has 0 radical (unpaired) electrons. The molecule has 1 amide bonds. The molecule has 0 aliphatic rings. The van der Waals surface area contributed by atoms with E-state index < -0.39 is 9.84 Å². The highest BCUT2D eigenvalue weighted by molar-refractivity contribution is 7.91. The first-order valence-corrected chi connectivity index (χ1v) is 12.3. The van der Waals surface area contributed by atoms with E-state index >= 15 is 0 Å². The third-order valence-corrected chi connectivity index (χ3v) is 8.00. The number of rotatable bonds is 6. The van der Waals surface area contributed by atoms with Crippen LogP contribution in [-0.2, 0) is 16.4 Å². The minimum Gasteiger partial charge on any atom is -0.467 e. The average Bonchev–Trinajstić information content (AvgIpc) is 3.41. The second-order valence-electron chi connectivity index (χ2n) is 7.32. The normalized spacial score (nSPS) is 11.7. The van der Waals surface area contributed by atoms with Crippen LogP contribution >= 0.6 is 11.3 Å². The van der Waals surface area contributed by atoms with Gasteiger partial charge in [0.05, 0.1) is 33.7 Å². The number of thiazole rings is 1. The zero-order chi connectivity index (χ0) is 22.2. The summed E-state index contributed by atoms with van der Waals surface area (Å²) in [7, 11) is -3.33. The van der Waals surface area contributed by atoms with Gasteiger partial charge in [-0.3, -0.25) is 9.69 Å². The number of aromatic nitrogens is 1. The Morgan fingerprint density at radius 1 is 1.13 bits per heavy atom. The van der Waals surface area contributed by atoms with Gasteiger partial charge in [0.25, 0.3) is 5.91 Å². The molecule has 0 aliphatic carbocycles. The van der Waals surface area contributed by atoms with Crippen LogP contribution in [0.15, 0.2) is 64.1 Å². The van der Waals surface area contributed by atoms with Crippen LogP contribution in [0.5, 0.6) is 0 Å². The predicted molar refractivity (Wildman–Crippen MR) is 122 cm³/mol. The van der Waals surface area contributed by atoms with Crippen LogP contribution in [0.2, 0.25) is 0 Å². The van der Waals surface area contributed by atoms with Crippen LogP contribution in [0.3, 0.4) is 0 Å². The van der Waals surface area contributed by atoms with E-state index in [1.54, 1.807) is 42.4 Å². The first kappa shape index (κ1) is 21.3. The first-order chi connectivity index (χ1) is 14.8. The molecular formula is C23H22N2O4S2. The number of fused-ring (bicyclic) bond motifs is 1. The molecule has 0 saturated carbocycles. The molecule has 0 N–H and O–H groups in total. The summed E-state index contributed by atoms with van der Waals surface area (Å²) in [5.74, 6) is 0.367. The van der Waals surface area contributed by atoms with Gasteiger partial charge in [0.2, 0.25) is 0 Å². The molecule has 4 aromatic rings. The highest BCUT2D eigenvalue weighted by atomic mass is 32.2. The summed E-state index contributed by atoms with van der Waals surface area (Å²) in [4.78, 5) is 19.9. The summed E-state index contributed by atoms with van der Waals surface area (Å²) in [5.41, 5.74) is 3.45. The van der Waals surface area contributed by atoms with Gasteiger partial charge < -0.3 is 4.42 Å². The third-order valence-electron chi connectivity index (χ3n) is 5.02. The molecule has 160 valence electrons. The van der Waals surface area contributed by atoms with Crippen molar-refractivity contribution in [1.29, 1.82) is 0 Å². The molecule has 8 heteroatoms. The smallest absolute Gasteiger partial charge is 0.260 e. The van der Waals surface area contributed by atoms with Crippen molar-refractivity contribution in [2.24, 2.45) is 0 Å². The molecule has 31 heavy (non-hydrogen) atoms. The lowest BCUT2D eigenvalue weighted by Crippen LogP contribution is -2.30. The van der Waals surface area contributed by atoms with E-state index in [1.165, 1.54) is 23.5 Å². The monoisotopic (exact) mass is 454 g/mol. The lowest BCUT2D eigenvalue weighted by atomic mass is 10.1. The Morgan fingerprint density at radius 2 is 1.87 bits per heavy atom. The Morgan fingerprint density at radius 3 is 2.52 bits per heavy atom. The highest BCUT2D eigenvalue weighted by Crippen LogP contribution is 2.33. The van der Waals surface area contributed by atoms with Crippen LogP contribution in [0.4, 0.5) is 5.13 Å². The largest absolute Gasteiger partial charge is 0.467 e. The number of carbonyl (C=O) groups is 1. The van der Waals surface area contributed by atoms with E-state index in [9.17, 15) is 13.2 Å². The number of sulfone groups is 1. The number of amides is 1. The maximum Gasteiger partial charge on any atom is 0.260 e. The zero-order valence-corrected chi connectivity index (χ0v) is 19.1. The van der Waals surface area contributed by atoms with Crippen molar-refractivity contribution in [3.8, 4) is 0 Å². The number of benzene rings is 2. The predicted octanol–water partition coefficient (Wildman–Crippen LogP) is 5.15. The van der Waals surface area contributed by atoms with Gasteiger partial charge in [-0.2, -0.15) is 0 Å². The SMILES string of the molecule is CCS(=O)(=O)c1ccc(C(=O)N(Cc2ccco2)c2nc3cc(C)cc(C)c3s2)cc1. The van der Waals surface area contributed by atoms with Crippen molar-refractivity contribution in [2.75, 3.05) is 10.7 Å². The van der Waals surface area contributed by atoms with Gasteiger partial charge in [0, 0.05) is 5.56 Å². The van der Waals surface area contributed by atoms with Crippen LogP contribution in [0.25, 0.3) is 10.2 Å². The van der Waals surface area contributed by atoms with Gasteiger partial charge in [0.15, 0.2) is 15.0 Å². The van der Waals surface area contributed by atoms with Crippen molar-refractivity contribution in [1.82, 2.24) is 4.98 Å². The summed E-state index contributed by atoms with van der Waals surface area (Å²) in [6.07, 6.45) is 1.56. The fourth-order valence-corrected chi connectivity index (χ4v) is 5.29. The second-order valence-corrected chi connectivity index (χ2v) is 10.6. The van der Waals surface area contributed by atoms with Crippen LogP contribution in [0, 0.1) is 13.8 Å². The lowest BCUT2D eigenvalue weighted by molar-refractivity contribution is 0.0983. The summed E-state index contributed by atoms with van der Waals surface area (Å²) < 4.78 is 30.7. The molecule has 0 atom stereocenters. The fraction of sp³-hybridized carbons (Fsp3) is 0.217. The summed E-state index contributed by atoms with van der Waals surface area (Å²) >= 11 is 1.45. The van der Waals surface area contributed by atoms with E-state index in [4.69, 9.17) is 9.40 Å². The summed E-state index contributed by atoms with van der Waals surface area (Å²) in [6, 6.07) is 13.7. The van der Waals surface area contributed by atoms with Gasteiger partial charge in [-0.1, -0.05) is 24.3 Å². The lowest BCUT2D eigenvalue weighted by Gasteiger charge is -2.19. The van der Waals surface area contributed by atoms with Gasteiger partial charge in [-0.05, 0) is 67.4 Å². The first-order valence-electron chi connectivity index (χ1n) is 9.83. The molecule has 2 heterocycles. The van der Waals surface area contributed by atoms with E-state index in [0.29, 0.717) is 16.5 Å². The topological polar surface area (TPSA) is 80.5 Å². The molecule has 2 aromatic carbocycles. The van der Waals surface area contributed by atoms with E-state index in [2.05, 4.69) is 6.07 Å². The van der Waals surface area contributed by atoms with Gasteiger partial charge >= 0.3 is 0 Å². The molecular weight excluding hydrogens is 432 g/mol. The number of hydrogen-bond donors (Lipinski definition) is 0. The Balaban J connectivity index is 1.75. The molecule has 0 fully saturated rings. The molecule has 0 unspecified atom stereocenters. The fourth-order valence-electron chi connectivity index (χ4n) is 3.39. The number of carbonyl (C=O) groups excluding carboxylic acids is 1. The Kier molecular flexibility index (Phi) is 5.68. The molecule has 0 spiro atoms. The van der Waals surface area contributed by atoms with Crippen molar-refractivity contribution >= 4 is 42.4 Å². The summed E-state index contributed by atoms with van der Waals surface area (Å²) in [5, 5.41) is 0.565. The Labute approximate surface area is 185 Å². The minimum absolute atomic E-state index is 0.00931. The maximum atomic E-state index is 13.4. The van der Waals surface area contributed by atoms with Crippen molar-refractivity contribution in [2.45, 2.75) is 32.2 Å². The molecule has 4 rings (SSSR count). The van der Waals surface area contributed by atoms with E-state index in [0.717, 1.165) is 21.3 Å². The maximum absolute atomic E-state index is 13.4. The van der Waals surface area contributed by atoms with Crippen molar-refractivity contribution in [3.05, 3.63) is 77.2 Å². The molecule has 2 aromatic heterocycles. The van der Waals surface area contributed by atoms with Crippen LogP contribution in [0.1, 0.15) is 34.2 Å². The molecule has 6 nitrogen and oxygen atoms in total. The Bertz CT molecular complexity index is 1340. The Hall–Kier alpha value is -2.97. The van der Waals surface area contributed by atoms with E-state index in [1.807, 2.05) is 19.9 Å². The highest BCUT2D eigenvalue weighted by Gasteiger charge is 2.24. The number of furan rings is 1. The van der Waals surface area contributed by atoms with Crippen molar-refractivity contribution < 1.29 is 17.6 Å². The van der Waals surface area contributed by atoms with Crippen LogP contribution in [-0.4, -0.2) is 25.1 Å². The molecule has 0 saturated heterocycles. The van der Waals surface area contributed by atoms with Crippen LogP contribution < -0.4 is 4.90 Å². The number of anilines is 1. The third kappa shape index (κ3) is 4.26. The van der Waals surface area contributed by atoms with Crippen molar-refractivity contribution in [3.63, 3.8) is 0 Å². The van der Waals surface area contributed by atoms with Gasteiger partial charge in [-0.15, -0.1) is 0 Å². The number of aryl methyl sites for hydroxylation is 2. The van der Waals surface area contributed by atoms with Gasteiger partial charge in [0.1, 0.15) is 5.76 Å². The molecule has 0 aliphatic heterocycles. The zero-order valence-electron chi connectivity index (χ0n) is 17.5. The quantitative estimate of drug-likeness (QED) is 0.403.